The Hall–Kier alpha value is -2.08. The standard InChI is InChI=1S/C23H27ClN2O3/c24-20-7-5-18(6-8-20)23(28)26-11-12-29-22-9-4-17(13-19(22)15-26)14-25-10-2-1-3-21(25)16-27/h4-9,13,21,27H,1-3,10-12,14-16H2. The van der Waals surface area contributed by atoms with E-state index in [1.165, 1.54) is 18.4 Å². The Labute approximate surface area is 176 Å². The lowest BCUT2D eigenvalue weighted by molar-refractivity contribution is 0.0733. The summed E-state index contributed by atoms with van der Waals surface area (Å²) in [4.78, 5) is 17.1. The van der Waals surface area contributed by atoms with Crippen molar-refractivity contribution in [3.8, 4) is 5.75 Å². The van der Waals surface area contributed by atoms with Gasteiger partial charge in [0.25, 0.3) is 5.91 Å². The first-order valence-corrected chi connectivity index (χ1v) is 10.7. The summed E-state index contributed by atoms with van der Waals surface area (Å²) in [5, 5.41) is 10.3. The summed E-state index contributed by atoms with van der Waals surface area (Å²) in [6.07, 6.45) is 3.41. The monoisotopic (exact) mass is 414 g/mol. The first-order valence-electron chi connectivity index (χ1n) is 10.3. The lowest BCUT2D eigenvalue weighted by Crippen LogP contribution is -2.41. The van der Waals surface area contributed by atoms with Crippen LogP contribution in [0.15, 0.2) is 42.5 Å². The molecule has 154 valence electrons. The van der Waals surface area contributed by atoms with Crippen molar-refractivity contribution < 1.29 is 14.6 Å². The number of nitrogens with zero attached hydrogens (tertiary/aromatic N) is 2. The van der Waals surface area contributed by atoms with Gasteiger partial charge < -0.3 is 14.7 Å². The highest BCUT2D eigenvalue weighted by atomic mass is 35.5. The van der Waals surface area contributed by atoms with E-state index >= 15 is 0 Å². The molecule has 0 radical (unpaired) electrons. The molecule has 0 aromatic heterocycles. The van der Waals surface area contributed by atoms with Crippen molar-refractivity contribution in [2.75, 3.05) is 26.3 Å². The quantitative estimate of drug-likeness (QED) is 0.828. The van der Waals surface area contributed by atoms with E-state index in [0.717, 1.165) is 30.8 Å². The van der Waals surface area contributed by atoms with Crippen molar-refractivity contribution in [1.29, 1.82) is 0 Å². The number of hydrogen-bond donors (Lipinski definition) is 1. The lowest BCUT2D eigenvalue weighted by Gasteiger charge is -2.34. The van der Waals surface area contributed by atoms with E-state index in [1.807, 2.05) is 11.0 Å². The van der Waals surface area contributed by atoms with E-state index in [0.29, 0.717) is 30.3 Å². The SMILES string of the molecule is O=C(c1ccc(Cl)cc1)N1CCOc2ccc(CN3CCCCC3CO)cc2C1. The van der Waals surface area contributed by atoms with E-state index in [1.54, 1.807) is 24.3 Å². The maximum absolute atomic E-state index is 12.9. The van der Waals surface area contributed by atoms with Crippen LogP contribution in [0.25, 0.3) is 0 Å². The number of hydrogen-bond acceptors (Lipinski definition) is 4. The average molecular weight is 415 g/mol. The van der Waals surface area contributed by atoms with Crippen molar-refractivity contribution in [3.63, 3.8) is 0 Å². The van der Waals surface area contributed by atoms with Crippen LogP contribution in [0.4, 0.5) is 0 Å². The highest BCUT2D eigenvalue weighted by Gasteiger charge is 2.24. The largest absolute Gasteiger partial charge is 0.491 e. The number of carbonyl (C=O) groups excluding carboxylic acids is 1. The number of amides is 1. The topological polar surface area (TPSA) is 53.0 Å². The van der Waals surface area contributed by atoms with Crippen LogP contribution in [0.5, 0.6) is 5.75 Å². The van der Waals surface area contributed by atoms with Gasteiger partial charge >= 0.3 is 0 Å². The number of carbonyl (C=O) groups is 1. The molecule has 2 aliphatic heterocycles. The Morgan fingerprint density at radius 1 is 1.14 bits per heavy atom. The fourth-order valence-electron chi connectivity index (χ4n) is 4.20. The number of aliphatic hydroxyl groups is 1. The maximum atomic E-state index is 12.9. The summed E-state index contributed by atoms with van der Waals surface area (Å²) in [6.45, 7) is 3.57. The van der Waals surface area contributed by atoms with Crippen LogP contribution >= 0.6 is 11.6 Å². The van der Waals surface area contributed by atoms with Gasteiger partial charge in [-0.15, -0.1) is 0 Å². The molecule has 0 aliphatic carbocycles. The lowest BCUT2D eigenvalue weighted by atomic mass is 10.0. The van der Waals surface area contributed by atoms with E-state index in [-0.39, 0.29) is 18.6 Å². The summed E-state index contributed by atoms with van der Waals surface area (Å²) in [6, 6.07) is 13.5. The molecule has 1 atom stereocenters. The van der Waals surface area contributed by atoms with Crippen LogP contribution in [-0.4, -0.2) is 53.2 Å². The van der Waals surface area contributed by atoms with Crippen LogP contribution in [-0.2, 0) is 13.1 Å². The number of benzene rings is 2. The Morgan fingerprint density at radius 2 is 1.97 bits per heavy atom. The minimum absolute atomic E-state index is 0.0140. The second-order valence-electron chi connectivity index (χ2n) is 7.83. The van der Waals surface area contributed by atoms with Crippen molar-refractivity contribution >= 4 is 17.5 Å². The highest BCUT2D eigenvalue weighted by Crippen LogP contribution is 2.27. The van der Waals surface area contributed by atoms with Gasteiger partial charge in [0.1, 0.15) is 12.4 Å². The van der Waals surface area contributed by atoms with E-state index in [9.17, 15) is 9.90 Å². The molecule has 2 aliphatic rings. The van der Waals surface area contributed by atoms with Gasteiger partial charge in [0.05, 0.1) is 13.2 Å². The number of halogens is 1. The molecule has 1 saturated heterocycles. The zero-order valence-corrected chi connectivity index (χ0v) is 17.3. The summed E-state index contributed by atoms with van der Waals surface area (Å²) in [5.74, 6) is 0.831. The predicted octanol–water partition coefficient (Wildman–Crippen LogP) is 3.72. The minimum atomic E-state index is -0.0140. The molecule has 0 saturated carbocycles. The molecule has 6 heteroatoms. The second-order valence-corrected chi connectivity index (χ2v) is 8.26. The molecule has 0 spiro atoms. The van der Waals surface area contributed by atoms with Crippen molar-refractivity contribution in [2.24, 2.45) is 0 Å². The third-order valence-electron chi connectivity index (χ3n) is 5.83. The molecule has 1 fully saturated rings. The highest BCUT2D eigenvalue weighted by molar-refractivity contribution is 6.30. The number of piperidine rings is 1. The molecule has 0 bridgehead atoms. The minimum Gasteiger partial charge on any atom is -0.491 e. The van der Waals surface area contributed by atoms with Gasteiger partial charge in [0.15, 0.2) is 0 Å². The molecule has 2 heterocycles. The smallest absolute Gasteiger partial charge is 0.254 e. The molecule has 2 aromatic rings. The van der Waals surface area contributed by atoms with Gasteiger partial charge in [-0.3, -0.25) is 9.69 Å². The number of ether oxygens (including phenoxy) is 1. The Morgan fingerprint density at radius 3 is 2.76 bits per heavy atom. The number of aliphatic hydroxyl groups excluding tert-OH is 1. The summed E-state index contributed by atoms with van der Waals surface area (Å²) < 4.78 is 5.90. The van der Waals surface area contributed by atoms with Crippen LogP contribution in [0.2, 0.25) is 5.02 Å². The average Bonchev–Trinajstić information content (AvgIpc) is 2.96. The van der Waals surface area contributed by atoms with Crippen LogP contribution in [0.3, 0.4) is 0 Å². The van der Waals surface area contributed by atoms with Gasteiger partial charge in [-0.05, 0) is 61.3 Å². The fourth-order valence-corrected chi connectivity index (χ4v) is 4.33. The molecule has 1 amide bonds. The summed E-state index contributed by atoms with van der Waals surface area (Å²) >= 11 is 5.95. The van der Waals surface area contributed by atoms with Crippen molar-refractivity contribution in [2.45, 2.75) is 38.4 Å². The Bertz CT molecular complexity index is 856. The number of rotatable bonds is 4. The molecule has 1 N–H and O–H groups in total. The number of fused-ring (bicyclic) bond motifs is 1. The zero-order chi connectivity index (χ0) is 20.2. The van der Waals surface area contributed by atoms with Crippen LogP contribution < -0.4 is 4.74 Å². The summed E-state index contributed by atoms with van der Waals surface area (Å²) in [5.41, 5.74) is 2.85. The Balaban J connectivity index is 1.51. The molecule has 2 aromatic carbocycles. The summed E-state index contributed by atoms with van der Waals surface area (Å²) in [7, 11) is 0. The second kappa shape index (κ2) is 9.16. The van der Waals surface area contributed by atoms with Gasteiger partial charge in [0, 0.05) is 35.3 Å². The molecule has 4 rings (SSSR count). The van der Waals surface area contributed by atoms with Crippen LogP contribution in [0.1, 0.15) is 40.7 Å². The third kappa shape index (κ3) is 4.74. The first kappa shape index (κ1) is 20.2. The molecule has 29 heavy (non-hydrogen) atoms. The van der Waals surface area contributed by atoms with E-state index in [2.05, 4.69) is 17.0 Å². The van der Waals surface area contributed by atoms with Gasteiger partial charge in [-0.25, -0.2) is 0 Å². The normalized spacial score (nSPS) is 19.9. The third-order valence-corrected chi connectivity index (χ3v) is 6.08. The molecular formula is C23H27ClN2O3. The molecule has 1 unspecified atom stereocenters. The van der Waals surface area contributed by atoms with Gasteiger partial charge in [-0.2, -0.15) is 0 Å². The molecule has 5 nitrogen and oxygen atoms in total. The van der Waals surface area contributed by atoms with Gasteiger partial charge in [0.2, 0.25) is 0 Å². The van der Waals surface area contributed by atoms with Gasteiger partial charge in [-0.1, -0.05) is 24.1 Å². The van der Waals surface area contributed by atoms with Crippen molar-refractivity contribution in [3.05, 3.63) is 64.2 Å². The van der Waals surface area contributed by atoms with E-state index < -0.39 is 0 Å². The number of likely N-dealkylation sites (tertiary alicyclic amines) is 1. The Kier molecular flexibility index (Phi) is 6.38. The van der Waals surface area contributed by atoms with Crippen LogP contribution in [0, 0.1) is 0 Å². The molecular weight excluding hydrogens is 388 g/mol. The fraction of sp³-hybridized carbons (Fsp3) is 0.435. The first-order chi connectivity index (χ1) is 14.1. The van der Waals surface area contributed by atoms with E-state index in [4.69, 9.17) is 16.3 Å². The predicted molar refractivity (Wildman–Crippen MR) is 113 cm³/mol. The van der Waals surface area contributed by atoms with Crippen molar-refractivity contribution in [1.82, 2.24) is 9.80 Å². The zero-order valence-electron chi connectivity index (χ0n) is 16.5. The maximum Gasteiger partial charge on any atom is 0.254 e.